The van der Waals surface area contributed by atoms with Crippen molar-refractivity contribution in [3.63, 3.8) is 0 Å². The molecule has 0 spiro atoms. The Morgan fingerprint density at radius 1 is 1.33 bits per heavy atom. The fraction of sp³-hybridized carbons (Fsp3) is 0.583. The molecule has 0 saturated carbocycles. The van der Waals surface area contributed by atoms with Gasteiger partial charge in [0.05, 0.1) is 17.6 Å². The van der Waals surface area contributed by atoms with Gasteiger partial charge in [-0.05, 0) is 25.0 Å². The Kier molecular flexibility index (Phi) is 4.09. The molecule has 1 aromatic heterocycles. The third-order valence-corrected chi connectivity index (χ3v) is 2.32. The monoisotopic (exact) mass is 207 g/mol. The average molecular weight is 207 g/mol. The summed E-state index contributed by atoms with van der Waals surface area (Å²) < 4.78 is 0. The van der Waals surface area contributed by atoms with Crippen LogP contribution in [0.2, 0.25) is 0 Å². The summed E-state index contributed by atoms with van der Waals surface area (Å²) in [6.07, 6.45) is 1.89. The van der Waals surface area contributed by atoms with Gasteiger partial charge < -0.3 is 10.6 Å². The maximum atomic E-state index is 5.74. The maximum absolute atomic E-state index is 5.74. The minimum atomic E-state index is 0.00875. The Morgan fingerprint density at radius 3 is 2.40 bits per heavy atom. The van der Waals surface area contributed by atoms with Crippen LogP contribution in [-0.2, 0) is 0 Å². The van der Waals surface area contributed by atoms with Crippen molar-refractivity contribution >= 4 is 5.69 Å². The van der Waals surface area contributed by atoms with Gasteiger partial charge >= 0.3 is 0 Å². The van der Waals surface area contributed by atoms with Gasteiger partial charge in [-0.2, -0.15) is 0 Å². The van der Waals surface area contributed by atoms with Crippen molar-refractivity contribution in [3.05, 3.63) is 24.0 Å². The zero-order valence-corrected chi connectivity index (χ0v) is 10.1. The Balaban J connectivity index is 2.71. The molecule has 0 saturated heterocycles. The number of rotatable bonds is 4. The summed E-state index contributed by atoms with van der Waals surface area (Å²) in [4.78, 5) is 6.55. The summed E-state index contributed by atoms with van der Waals surface area (Å²) in [5.41, 5.74) is 7.83. The molecule has 84 valence electrons. The van der Waals surface area contributed by atoms with E-state index in [9.17, 15) is 0 Å². The first kappa shape index (κ1) is 12.0. The van der Waals surface area contributed by atoms with E-state index in [0.29, 0.717) is 5.92 Å². The molecule has 0 amide bonds. The van der Waals surface area contributed by atoms with E-state index >= 15 is 0 Å². The van der Waals surface area contributed by atoms with E-state index in [0.717, 1.165) is 17.9 Å². The minimum absolute atomic E-state index is 0.00875. The number of hydrogen-bond acceptors (Lipinski definition) is 3. The zero-order chi connectivity index (χ0) is 11.4. The van der Waals surface area contributed by atoms with E-state index in [-0.39, 0.29) is 6.04 Å². The summed E-state index contributed by atoms with van der Waals surface area (Å²) in [6.45, 7) is 7.40. The van der Waals surface area contributed by atoms with E-state index in [1.165, 1.54) is 0 Å². The summed E-state index contributed by atoms with van der Waals surface area (Å²) >= 11 is 0. The van der Waals surface area contributed by atoms with E-state index in [2.05, 4.69) is 36.8 Å². The molecule has 0 aliphatic heterocycles. The fourth-order valence-electron chi connectivity index (χ4n) is 1.55. The van der Waals surface area contributed by atoms with Gasteiger partial charge in [-0.15, -0.1) is 0 Å². The molecule has 3 heteroatoms. The third kappa shape index (κ3) is 3.51. The highest BCUT2D eigenvalue weighted by atomic mass is 15.1. The van der Waals surface area contributed by atoms with Gasteiger partial charge in [0.2, 0.25) is 0 Å². The van der Waals surface area contributed by atoms with Gasteiger partial charge in [0, 0.05) is 19.6 Å². The van der Waals surface area contributed by atoms with E-state index in [4.69, 9.17) is 5.73 Å². The minimum Gasteiger partial charge on any atom is -0.373 e. The molecule has 1 rings (SSSR count). The summed E-state index contributed by atoms with van der Waals surface area (Å²) in [6, 6.07) is 4.08. The molecule has 1 heterocycles. The third-order valence-electron chi connectivity index (χ3n) is 2.32. The van der Waals surface area contributed by atoms with E-state index in [1.807, 2.05) is 19.2 Å². The molecule has 0 aromatic carbocycles. The van der Waals surface area contributed by atoms with Crippen molar-refractivity contribution in [3.8, 4) is 0 Å². The molecule has 3 nitrogen and oxygen atoms in total. The van der Waals surface area contributed by atoms with Gasteiger partial charge in [0.15, 0.2) is 0 Å². The zero-order valence-electron chi connectivity index (χ0n) is 10.1. The van der Waals surface area contributed by atoms with Crippen LogP contribution >= 0.6 is 0 Å². The van der Waals surface area contributed by atoms with Crippen LogP contribution in [0.25, 0.3) is 0 Å². The lowest BCUT2D eigenvalue weighted by molar-refractivity contribution is 0.637. The number of anilines is 1. The predicted molar refractivity (Wildman–Crippen MR) is 64.9 cm³/mol. The van der Waals surface area contributed by atoms with Gasteiger partial charge in [-0.25, -0.2) is 0 Å². The van der Waals surface area contributed by atoms with Gasteiger partial charge in [-0.1, -0.05) is 13.8 Å². The predicted octanol–water partition coefficient (Wildman–Crippen LogP) is 2.19. The molecule has 1 atom stereocenters. The molecule has 0 unspecified atom stereocenters. The Morgan fingerprint density at radius 2 is 2.00 bits per heavy atom. The van der Waals surface area contributed by atoms with Crippen LogP contribution in [0.5, 0.6) is 0 Å². The van der Waals surface area contributed by atoms with Crippen molar-refractivity contribution in [2.24, 2.45) is 11.7 Å². The number of hydrogen-bond donors (Lipinski definition) is 1. The highest BCUT2D eigenvalue weighted by Crippen LogP contribution is 2.15. The first-order valence-corrected chi connectivity index (χ1v) is 5.43. The van der Waals surface area contributed by atoms with E-state index in [1.54, 1.807) is 0 Å². The molecular formula is C12H21N3. The van der Waals surface area contributed by atoms with Crippen molar-refractivity contribution in [2.45, 2.75) is 26.8 Å². The molecular weight excluding hydrogens is 186 g/mol. The van der Waals surface area contributed by atoms with E-state index < -0.39 is 0 Å². The SMILES string of the molecule is CC(C)CN(C)c1ccc([C@H](C)N)nc1. The second-order valence-corrected chi connectivity index (χ2v) is 4.50. The van der Waals surface area contributed by atoms with Crippen LogP contribution in [0.3, 0.4) is 0 Å². The van der Waals surface area contributed by atoms with Crippen LogP contribution in [0.15, 0.2) is 18.3 Å². The standard InChI is InChI=1S/C12H21N3/c1-9(2)8-15(4)11-5-6-12(10(3)13)14-7-11/h5-7,9-10H,8,13H2,1-4H3/t10-/m0/s1. The molecule has 0 aliphatic rings. The molecule has 0 radical (unpaired) electrons. The van der Waals surface area contributed by atoms with Gasteiger partial charge in [-0.3, -0.25) is 4.98 Å². The van der Waals surface area contributed by atoms with Gasteiger partial charge in [0.1, 0.15) is 0 Å². The molecule has 1 aromatic rings. The van der Waals surface area contributed by atoms with Crippen molar-refractivity contribution in [1.82, 2.24) is 4.98 Å². The summed E-state index contributed by atoms with van der Waals surface area (Å²) in [5, 5.41) is 0. The molecule has 15 heavy (non-hydrogen) atoms. The van der Waals surface area contributed by atoms with Crippen molar-refractivity contribution in [1.29, 1.82) is 0 Å². The Labute approximate surface area is 92.3 Å². The summed E-state index contributed by atoms with van der Waals surface area (Å²) in [5.74, 6) is 0.656. The first-order chi connectivity index (χ1) is 7.00. The van der Waals surface area contributed by atoms with Crippen molar-refractivity contribution in [2.75, 3.05) is 18.5 Å². The number of aromatic nitrogens is 1. The van der Waals surface area contributed by atoms with Crippen LogP contribution < -0.4 is 10.6 Å². The number of pyridine rings is 1. The molecule has 0 fully saturated rings. The molecule has 2 N–H and O–H groups in total. The lowest BCUT2D eigenvalue weighted by atomic mass is 10.2. The van der Waals surface area contributed by atoms with Crippen LogP contribution in [-0.4, -0.2) is 18.6 Å². The highest BCUT2D eigenvalue weighted by molar-refractivity contribution is 5.43. The summed E-state index contributed by atoms with van der Waals surface area (Å²) in [7, 11) is 2.09. The number of nitrogens with two attached hydrogens (primary N) is 1. The van der Waals surface area contributed by atoms with Gasteiger partial charge in [0.25, 0.3) is 0 Å². The largest absolute Gasteiger partial charge is 0.373 e. The smallest absolute Gasteiger partial charge is 0.0569 e. The van der Waals surface area contributed by atoms with Crippen LogP contribution in [0, 0.1) is 5.92 Å². The topological polar surface area (TPSA) is 42.1 Å². The normalized spacial score (nSPS) is 12.9. The second-order valence-electron chi connectivity index (χ2n) is 4.50. The second kappa shape index (κ2) is 5.12. The molecule has 0 bridgehead atoms. The molecule has 0 aliphatic carbocycles. The maximum Gasteiger partial charge on any atom is 0.0569 e. The Bertz CT molecular complexity index is 290. The fourth-order valence-corrected chi connectivity index (χ4v) is 1.55. The Hall–Kier alpha value is -1.09. The van der Waals surface area contributed by atoms with Crippen LogP contribution in [0.4, 0.5) is 5.69 Å². The van der Waals surface area contributed by atoms with Crippen LogP contribution in [0.1, 0.15) is 32.5 Å². The average Bonchev–Trinajstić information content (AvgIpc) is 2.17. The lowest BCUT2D eigenvalue weighted by Crippen LogP contribution is -2.22. The highest BCUT2D eigenvalue weighted by Gasteiger charge is 2.05. The quantitative estimate of drug-likeness (QED) is 0.823. The lowest BCUT2D eigenvalue weighted by Gasteiger charge is -2.21. The number of nitrogens with zero attached hydrogens (tertiary/aromatic N) is 2. The van der Waals surface area contributed by atoms with Crippen molar-refractivity contribution < 1.29 is 0 Å². The first-order valence-electron chi connectivity index (χ1n) is 5.43.